The summed E-state index contributed by atoms with van der Waals surface area (Å²) in [5.74, 6) is 1.12. The van der Waals surface area contributed by atoms with Crippen LogP contribution in [0.25, 0.3) is 0 Å². The molecular weight excluding hydrogens is 386 g/mol. The molecule has 0 fully saturated rings. The highest BCUT2D eigenvalue weighted by Gasteiger charge is 2.27. The molecule has 1 aliphatic rings. The van der Waals surface area contributed by atoms with E-state index in [-0.39, 0.29) is 5.91 Å². The molecule has 0 saturated carbocycles. The van der Waals surface area contributed by atoms with Gasteiger partial charge in [0.05, 0.1) is 25.5 Å². The third kappa shape index (κ3) is 4.05. The molecule has 0 spiro atoms. The molecule has 0 atom stereocenters. The van der Waals surface area contributed by atoms with Crippen LogP contribution in [0.1, 0.15) is 32.8 Å². The number of anilines is 2. The van der Waals surface area contributed by atoms with Gasteiger partial charge in [-0.3, -0.25) is 9.78 Å². The van der Waals surface area contributed by atoms with Crippen molar-refractivity contribution < 1.29 is 14.3 Å². The second-order valence-electron chi connectivity index (χ2n) is 6.80. The molecule has 0 unspecified atom stereocenters. The van der Waals surface area contributed by atoms with E-state index in [1.807, 2.05) is 18.3 Å². The van der Waals surface area contributed by atoms with Crippen LogP contribution in [0.4, 0.5) is 10.7 Å². The van der Waals surface area contributed by atoms with Crippen LogP contribution in [0.3, 0.4) is 0 Å². The quantitative estimate of drug-likeness (QED) is 0.601. The average Bonchev–Trinajstić information content (AvgIpc) is 3.33. The monoisotopic (exact) mass is 409 g/mol. The Morgan fingerprint density at radius 1 is 1.21 bits per heavy atom. The molecule has 0 aliphatic heterocycles. The number of amides is 1. The van der Waals surface area contributed by atoms with E-state index in [1.54, 1.807) is 50.0 Å². The molecule has 2 aromatic heterocycles. The minimum absolute atomic E-state index is 0.135. The summed E-state index contributed by atoms with van der Waals surface area (Å²) in [6.07, 6.45) is 6.63. The first kappa shape index (κ1) is 19.3. The normalized spacial score (nSPS) is 12.3. The zero-order valence-electron chi connectivity index (χ0n) is 16.5. The van der Waals surface area contributed by atoms with Crippen molar-refractivity contribution in [2.45, 2.75) is 25.8 Å². The van der Waals surface area contributed by atoms with Crippen molar-refractivity contribution in [2.75, 3.05) is 24.9 Å². The van der Waals surface area contributed by atoms with Gasteiger partial charge < -0.3 is 20.1 Å². The summed E-state index contributed by atoms with van der Waals surface area (Å²) in [5.41, 5.74) is 3.55. The lowest BCUT2D eigenvalue weighted by Crippen LogP contribution is -2.16. The molecular formula is C22H23N3O3S. The van der Waals surface area contributed by atoms with Crippen LogP contribution >= 0.6 is 11.3 Å². The summed E-state index contributed by atoms with van der Waals surface area (Å²) in [7, 11) is 3.18. The zero-order chi connectivity index (χ0) is 20.2. The van der Waals surface area contributed by atoms with Gasteiger partial charge in [0.1, 0.15) is 16.5 Å². The fourth-order valence-corrected chi connectivity index (χ4v) is 4.83. The maximum absolute atomic E-state index is 13.3. The van der Waals surface area contributed by atoms with Crippen LogP contribution in [0.5, 0.6) is 11.5 Å². The SMILES string of the molecule is COc1ccc(OC)c(NC(=O)c2c(NCc3cccnc3)sc3c2CCC3)c1. The molecule has 0 bridgehead atoms. The highest BCUT2D eigenvalue weighted by molar-refractivity contribution is 7.16. The van der Waals surface area contributed by atoms with Crippen LogP contribution in [0.2, 0.25) is 0 Å². The largest absolute Gasteiger partial charge is 0.497 e. The van der Waals surface area contributed by atoms with Crippen molar-refractivity contribution in [3.05, 3.63) is 64.3 Å². The number of ether oxygens (including phenoxy) is 2. The Hall–Kier alpha value is -3.06. The van der Waals surface area contributed by atoms with E-state index in [9.17, 15) is 4.79 Å². The van der Waals surface area contributed by atoms with E-state index >= 15 is 0 Å². The first-order valence-electron chi connectivity index (χ1n) is 9.50. The predicted octanol–water partition coefficient (Wildman–Crippen LogP) is 4.51. The molecule has 29 heavy (non-hydrogen) atoms. The van der Waals surface area contributed by atoms with Gasteiger partial charge in [0.25, 0.3) is 5.91 Å². The topological polar surface area (TPSA) is 72.5 Å². The molecule has 0 radical (unpaired) electrons. The Bertz CT molecular complexity index is 1020. The van der Waals surface area contributed by atoms with E-state index in [0.29, 0.717) is 23.7 Å². The van der Waals surface area contributed by atoms with Crippen molar-refractivity contribution in [1.82, 2.24) is 4.98 Å². The first-order chi connectivity index (χ1) is 14.2. The average molecular weight is 410 g/mol. The Morgan fingerprint density at radius 3 is 2.86 bits per heavy atom. The van der Waals surface area contributed by atoms with E-state index in [2.05, 4.69) is 15.6 Å². The number of carbonyl (C=O) groups is 1. The number of aryl methyl sites for hydroxylation is 1. The minimum Gasteiger partial charge on any atom is -0.497 e. The second-order valence-corrected chi connectivity index (χ2v) is 7.90. The zero-order valence-corrected chi connectivity index (χ0v) is 17.3. The molecule has 2 heterocycles. The van der Waals surface area contributed by atoms with E-state index < -0.39 is 0 Å². The number of thiophene rings is 1. The van der Waals surface area contributed by atoms with Gasteiger partial charge in [-0.05, 0) is 48.6 Å². The van der Waals surface area contributed by atoms with Crippen LogP contribution in [0, 0.1) is 0 Å². The van der Waals surface area contributed by atoms with Crippen molar-refractivity contribution in [2.24, 2.45) is 0 Å². The molecule has 1 aliphatic carbocycles. The van der Waals surface area contributed by atoms with E-state index in [1.165, 1.54) is 4.88 Å². The van der Waals surface area contributed by atoms with E-state index in [4.69, 9.17) is 9.47 Å². The highest BCUT2D eigenvalue weighted by atomic mass is 32.1. The minimum atomic E-state index is -0.135. The standard InChI is InChI=1S/C22H23N3O3S/c1-27-15-8-9-18(28-2)17(11-15)25-21(26)20-16-6-3-7-19(16)29-22(20)24-13-14-5-4-10-23-12-14/h4-5,8-12,24H,3,6-7,13H2,1-2H3,(H,25,26). The van der Waals surface area contributed by atoms with Gasteiger partial charge >= 0.3 is 0 Å². The van der Waals surface area contributed by atoms with Gasteiger partial charge in [-0.2, -0.15) is 0 Å². The summed E-state index contributed by atoms with van der Waals surface area (Å²) in [6.45, 7) is 0.621. The molecule has 150 valence electrons. The second kappa shape index (κ2) is 8.53. The number of fused-ring (bicyclic) bond motifs is 1. The summed E-state index contributed by atoms with van der Waals surface area (Å²) >= 11 is 1.68. The summed E-state index contributed by atoms with van der Waals surface area (Å²) in [4.78, 5) is 18.7. The molecule has 3 aromatic rings. The van der Waals surface area contributed by atoms with Gasteiger partial charge in [-0.25, -0.2) is 0 Å². The number of benzene rings is 1. The first-order valence-corrected chi connectivity index (χ1v) is 10.3. The Morgan fingerprint density at radius 2 is 2.10 bits per heavy atom. The fourth-order valence-electron chi connectivity index (χ4n) is 3.55. The Kier molecular flexibility index (Phi) is 5.67. The van der Waals surface area contributed by atoms with Crippen molar-refractivity contribution in [3.63, 3.8) is 0 Å². The Labute approximate surface area is 173 Å². The molecule has 4 rings (SSSR count). The Balaban J connectivity index is 1.61. The third-order valence-electron chi connectivity index (χ3n) is 4.98. The lowest BCUT2D eigenvalue weighted by atomic mass is 10.1. The molecule has 2 N–H and O–H groups in total. The number of carbonyl (C=O) groups excluding carboxylic acids is 1. The molecule has 1 amide bonds. The third-order valence-corrected chi connectivity index (χ3v) is 6.23. The van der Waals surface area contributed by atoms with Gasteiger partial charge in [-0.1, -0.05) is 6.07 Å². The van der Waals surface area contributed by atoms with Crippen molar-refractivity contribution >= 4 is 27.9 Å². The summed E-state index contributed by atoms with van der Waals surface area (Å²) < 4.78 is 10.7. The molecule has 7 heteroatoms. The number of rotatable bonds is 7. The van der Waals surface area contributed by atoms with Crippen LogP contribution < -0.4 is 20.1 Å². The number of methoxy groups -OCH3 is 2. The van der Waals surface area contributed by atoms with Crippen LogP contribution in [-0.4, -0.2) is 25.1 Å². The number of hydrogen-bond donors (Lipinski definition) is 2. The number of nitrogens with zero attached hydrogens (tertiary/aromatic N) is 1. The molecule has 6 nitrogen and oxygen atoms in total. The fraction of sp³-hybridized carbons (Fsp3) is 0.273. The summed E-state index contributed by atoms with van der Waals surface area (Å²) in [6, 6.07) is 9.29. The number of pyridine rings is 1. The van der Waals surface area contributed by atoms with Gasteiger partial charge in [0.2, 0.25) is 0 Å². The number of hydrogen-bond acceptors (Lipinski definition) is 6. The summed E-state index contributed by atoms with van der Waals surface area (Å²) in [5, 5.41) is 7.36. The lowest BCUT2D eigenvalue weighted by Gasteiger charge is -2.13. The van der Waals surface area contributed by atoms with Crippen LogP contribution in [-0.2, 0) is 19.4 Å². The van der Waals surface area contributed by atoms with Gasteiger partial charge in [-0.15, -0.1) is 11.3 Å². The van der Waals surface area contributed by atoms with Crippen molar-refractivity contribution in [1.29, 1.82) is 0 Å². The highest BCUT2D eigenvalue weighted by Crippen LogP contribution is 2.40. The lowest BCUT2D eigenvalue weighted by molar-refractivity contribution is 0.102. The predicted molar refractivity (Wildman–Crippen MR) is 115 cm³/mol. The van der Waals surface area contributed by atoms with E-state index in [0.717, 1.165) is 41.0 Å². The van der Waals surface area contributed by atoms with Gasteiger partial charge in [0.15, 0.2) is 0 Å². The molecule has 1 aromatic carbocycles. The van der Waals surface area contributed by atoms with Gasteiger partial charge in [0, 0.05) is 29.9 Å². The number of nitrogens with one attached hydrogen (secondary N) is 2. The maximum atomic E-state index is 13.3. The van der Waals surface area contributed by atoms with Crippen LogP contribution in [0.15, 0.2) is 42.7 Å². The number of aromatic nitrogens is 1. The smallest absolute Gasteiger partial charge is 0.259 e. The maximum Gasteiger partial charge on any atom is 0.259 e. The van der Waals surface area contributed by atoms with Crippen molar-refractivity contribution in [3.8, 4) is 11.5 Å². The molecule has 0 saturated heterocycles.